The molecule has 0 aromatic heterocycles. The average Bonchev–Trinajstić information content (AvgIpc) is 2.11. The summed E-state index contributed by atoms with van der Waals surface area (Å²) in [6.45, 7) is 5.55. The molecule has 0 rings (SSSR count). The highest BCUT2D eigenvalue weighted by Crippen LogP contribution is 2.18. The van der Waals surface area contributed by atoms with E-state index >= 15 is 0 Å². The van der Waals surface area contributed by atoms with E-state index in [1.165, 1.54) is 27.7 Å². The van der Waals surface area contributed by atoms with E-state index in [9.17, 15) is 14.4 Å². The van der Waals surface area contributed by atoms with Gasteiger partial charge in [-0.25, -0.2) is 0 Å². The quantitative estimate of drug-likeness (QED) is 0.384. The van der Waals surface area contributed by atoms with Gasteiger partial charge in [0.1, 0.15) is 24.4 Å². The van der Waals surface area contributed by atoms with Gasteiger partial charge in [-0.05, 0) is 20.8 Å². The second-order valence-corrected chi connectivity index (χ2v) is 3.66. The van der Waals surface area contributed by atoms with E-state index < -0.39 is 17.4 Å². The molecule has 0 fully saturated rings. The molecule has 0 spiro atoms. The van der Waals surface area contributed by atoms with Crippen LogP contribution >= 0.6 is 0 Å². The third kappa shape index (κ3) is 4.58. The SMILES string of the molecule is CC(=O)OCCOC(=O)C(C)(C)C(C)=O. The summed E-state index contributed by atoms with van der Waals surface area (Å²) in [7, 11) is 0. The summed E-state index contributed by atoms with van der Waals surface area (Å²) in [5.74, 6) is -1.31. The van der Waals surface area contributed by atoms with Crippen molar-refractivity contribution in [3.8, 4) is 0 Å². The second kappa shape index (κ2) is 5.48. The zero-order valence-electron chi connectivity index (χ0n) is 9.46. The molecular weight excluding hydrogens is 200 g/mol. The molecule has 0 bridgehead atoms. The van der Waals surface area contributed by atoms with Crippen LogP contribution in [-0.4, -0.2) is 30.9 Å². The Morgan fingerprint density at radius 3 is 1.87 bits per heavy atom. The molecule has 0 aromatic rings. The number of Topliss-reactive ketones (excluding diaryl/α,β-unsaturated/α-hetero) is 1. The molecule has 0 aromatic carbocycles. The summed E-state index contributed by atoms with van der Waals surface area (Å²) in [6, 6.07) is 0. The number of rotatable bonds is 5. The highest BCUT2D eigenvalue weighted by molar-refractivity contribution is 6.01. The Balaban J connectivity index is 3.94. The first-order valence-electron chi connectivity index (χ1n) is 4.60. The lowest BCUT2D eigenvalue weighted by atomic mass is 9.89. The first-order valence-corrected chi connectivity index (χ1v) is 4.60. The number of hydrogen-bond acceptors (Lipinski definition) is 5. The molecule has 5 heteroatoms. The maximum atomic E-state index is 11.4. The van der Waals surface area contributed by atoms with E-state index in [-0.39, 0.29) is 19.0 Å². The fourth-order valence-electron chi connectivity index (χ4n) is 0.644. The molecule has 0 atom stereocenters. The molecule has 0 aliphatic heterocycles. The van der Waals surface area contributed by atoms with E-state index in [2.05, 4.69) is 4.74 Å². The van der Waals surface area contributed by atoms with Crippen LogP contribution in [0.3, 0.4) is 0 Å². The minimum absolute atomic E-state index is 0.00899. The van der Waals surface area contributed by atoms with E-state index in [0.717, 1.165) is 0 Å². The van der Waals surface area contributed by atoms with Crippen LogP contribution in [0.5, 0.6) is 0 Å². The lowest BCUT2D eigenvalue weighted by Gasteiger charge is -2.18. The maximum Gasteiger partial charge on any atom is 0.319 e. The Labute approximate surface area is 88.7 Å². The topological polar surface area (TPSA) is 69.7 Å². The van der Waals surface area contributed by atoms with Crippen molar-refractivity contribution in [1.29, 1.82) is 0 Å². The molecule has 15 heavy (non-hydrogen) atoms. The zero-order chi connectivity index (χ0) is 12.1. The number of esters is 2. The van der Waals surface area contributed by atoms with Crippen LogP contribution in [0.25, 0.3) is 0 Å². The van der Waals surface area contributed by atoms with E-state index in [4.69, 9.17) is 4.74 Å². The molecule has 0 N–H and O–H groups in total. The first-order chi connectivity index (χ1) is 6.78. The maximum absolute atomic E-state index is 11.4. The van der Waals surface area contributed by atoms with Crippen LogP contribution in [-0.2, 0) is 23.9 Å². The average molecular weight is 216 g/mol. The molecule has 0 aliphatic rings. The van der Waals surface area contributed by atoms with Gasteiger partial charge in [0.05, 0.1) is 0 Å². The van der Waals surface area contributed by atoms with Gasteiger partial charge in [-0.3, -0.25) is 14.4 Å². The van der Waals surface area contributed by atoms with Crippen LogP contribution < -0.4 is 0 Å². The highest BCUT2D eigenvalue weighted by atomic mass is 16.6. The third-order valence-electron chi connectivity index (χ3n) is 2.01. The first kappa shape index (κ1) is 13.6. The van der Waals surface area contributed by atoms with Crippen molar-refractivity contribution in [2.24, 2.45) is 5.41 Å². The number of carbonyl (C=O) groups is 3. The predicted molar refractivity (Wildman–Crippen MR) is 52.1 cm³/mol. The van der Waals surface area contributed by atoms with Crippen molar-refractivity contribution in [3.63, 3.8) is 0 Å². The standard InChI is InChI=1S/C10H16O5/c1-7(11)10(3,4)9(13)15-6-5-14-8(2)12/h5-6H2,1-4H3. The molecule has 0 unspecified atom stereocenters. The van der Waals surface area contributed by atoms with Crippen LogP contribution in [0.4, 0.5) is 0 Å². The number of carbonyl (C=O) groups excluding carboxylic acids is 3. The van der Waals surface area contributed by atoms with Gasteiger partial charge in [0.25, 0.3) is 0 Å². The molecule has 0 saturated carbocycles. The Hall–Kier alpha value is -1.39. The lowest BCUT2D eigenvalue weighted by Crippen LogP contribution is -2.34. The van der Waals surface area contributed by atoms with Gasteiger partial charge in [0, 0.05) is 6.92 Å². The second-order valence-electron chi connectivity index (χ2n) is 3.66. The Kier molecular flexibility index (Phi) is 4.97. The van der Waals surface area contributed by atoms with Gasteiger partial charge in [-0.15, -0.1) is 0 Å². The van der Waals surface area contributed by atoms with Crippen LogP contribution in [0.2, 0.25) is 0 Å². The molecule has 0 amide bonds. The molecule has 0 radical (unpaired) electrons. The summed E-state index contributed by atoms with van der Waals surface area (Å²) < 4.78 is 9.35. The number of ketones is 1. The summed E-state index contributed by atoms with van der Waals surface area (Å²) >= 11 is 0. The fourth-order valence-corrected chi connectivity index (χ4v) is 0.644. The Morgan fingerprint density at radius 2 is 1.47 bits per heavy atom. The summed E-state index contributed by atoms with van der Waals surface area (Å²) in [6.07, 6.45) is 0. The fraction of sp³-hybridized carbons (Fsp3) is 0.700. The summed E-state index contributed by atoms with van der Waals surface area (Å²) in [5, 5.41) is 0. The van der Waals surface area contributed by atoms with Crippen molar-refractivity contribution in [2.45, 2.75) is 27.7 Å². The van der Waals surface area contributed by atoms with Crippen LogP contribution in [0.15, 0.2) is 0 Å². The van der Waals surface area contributed by atoms with Crippen molar-refractivity contribution in [3.05, 3.63) is 0 Å². The molecule has 5 nitrogen and oxygen atoms in total. The van der Waals surface area contributed by atoms with Gasteiger partial charge in [-0.2, -0.15) is 0 Å². The van der Waals surface area contributed by atoms with Crippen molar-refractivity contribution in [1.82, 2.24) is 0 Å². The smallest absolute Gasteiger partial charge is 0.319 e. The molecule has 0 aliphatic carbocycles. The highest BCUT2D eigenvalue weighted by Gasteiger charge is 2.34. The summed E-state index contributed by atoms with van der Waals surface area (Å²) in [5.41, 5.74) is -1.14. The zero-order valence-corrected chi connectivity index (χ0v) is 9.46. The molecule has 86 valence electrons. The number of ether oxygens (including phenoxy) is 2. The molecular formula is C10H16O5. The minimum atomic E-state index is -1.14. The third-order valence-corrected chi connectivity index (χ3v) is 2.01. The monoisotopic (exact) mass is 216 g/mol. The largest absolute Gasteiger partial charge is 0.462 e. The van der Waals surface area contributed by atoms with Gasteiger partial charge in [0.2, 0.25) is 0 Å². The van der Waals surface area contributed by atoms with Gasteiger partial charge in [0.15, 0.2) is 0 Å². The van der Waals surface area contributed by atoms with Crippen LogP contribution in [0, 0.1) is 5.41 Å². The van der Waals surface area contributed by atoms with Crippen molar-refractivity contribution >= 4 is 17.7 Å². The van der Waals surface area contributed by atoms with Gasteiger partial charge in [-0.1, -0.05) is 0 Å². The van der Waals surface area contributed by atoms with E-state index in [0.29, 0.717) is 0 Å². The van der Waals surface area contributed by atoms with Crippen molar-refractivity contribution < 1.29 is 23.9 Å². The van der Waals surface area contributed by atoms with E-state index in [1.54, 1.807) is 0 Å². The van der Waals surface area contributed by atoms with Crippen molar-refractivity contribution in [2.75, 3.05) is 13.2 Å². The van der Waals surface area contributed by atoms with Crippen LogP contribution in [0.1, 0.15) is 27.7 Å². The molecule has 0 saturated heterocycles. The minimum Gasteiger partial charge on any atom is -0.462 e. The molecule has 0 heterocycles. The summed E-state index contributed by atoms with van der Waals surface area (Å²) in [4.78, 5) is 32.8. The Bertz CT molecular complexity index is 267. The van der Waals surface area contributed by atoms with E-state index in [1.807, 2.05) is 0 Å². The number of hydrogen-bond donors (Lipinski definition) is 0. The predicted octanol–water partition coefficient (Wildman–Crippen LogP) is 0.708. The normalized spacial score (nSPS) is 10.7. The van der Waals surface area contributed by atoms with Gasteiger partial charge >= 0.3 is 11.9 Å². The lowest BCUT2D eigenvalue weighted by molar-refractivity contribution is -0.161. The van der Waals surface area contributed by atoms with Gasteiger partial charge < -0.3 is 9.47 Å². The Morgan fingerprint density at radius 1 is 1.00 bits per heavy atom.